The van der Waals surface area contributed by atoms with Crippen LogP contribution in [0.15, 0.2) is 0 Å². The van der Waals surface area contributed by atoms with Crippen LogP contribution in [-0.2, 0) is 0 Å². The third-order valence-electron chi connectivity index (χ3n) is 3.67. The van der Waals surface area contributed by atoms with Crippen LogP contribution in [0.25, 0.3) is 0 Å². The van der Waals surface area contributed by atoms with Crippen molar-refractivity contribution in [2.75, 3.05) is 19.6 Å². The Balaban J connectivity index is 2.14. The first-order chi connectivity index (χ1) is 7.06. The molecule has 1 unspecified atom stereocenters. The van der Waals surface area contributed by atoms with E-state index in [9.17, 15) is 0 Å². The van der Waals surface area contributed by atoms with E-state index in [0.29, 0.717) is 11.6 Å². The van der Waals surface area contributed by atoms with Crippen LogP contribution in [0.2, 0.25) is 0 Å². The van der Waals surface area contributed by atoms with E-state index in [1.807, 2.05) is 0 Å². The summed E-state index contributed by atoms with van der Waals surface area (Å²) >= 11 is 0. The summed E-state index contributed by atoms with van der Waals surface area (Å²) in [6.07, 6.45) is 5.31. The molecule has 2 heteroatoms. The van der Waals surface area contributed by atoms with Gasteiger partial charge < -0.3 is 5.32 Å². The summed E-state index contributed by atoms with van der Waals surface area (Å²) in [5.74, 6) is 0. The Labute approximate surface area is 95.4 Å². The lowest BCUT2D eigenvalue weighted by atomic mass is 10.0. The lowest BCUT2D eigenvalue weighted by molar-refractivity contribution is 0.174. The fraction of sp³-hybridized carbons (Fsp3) is 1.00. The number of nitrogens with zero attached hydrogens (tertiary/aromatic N) is 1. The van der Waals surface area contributed by atoms with Crippen molar-refractivity contribution in [3.8, 4) is 0 Å². The van der Waals surface area contributed by atoms with E-state index in [0.717, 1.165) is 6.54 Å². The predicted octanol–water partition coefficient (Wildman–Crippen LogP) is 2.64. The Hall–Kier alpha value is -0.0800. The van der Waals surface area contributed by atoms with Gasteiger partial charge in [0, 0.05) is 24.7 Å². The molecule has 1 rings (SSSR count). The van der Waals surface area contributed by atoms with Crippen molar-refractivity contribution in [1.82, 2.24) is 10.2 Å². The molecule has 0 aromatic rings. The van der Waals surface area contributed by atoms with Crippen LogP contribution in [0.5, 0.6) is 0 Å². The van der Waals surface area contributed by atoms with Crippen LogP contribution in [0, 0.1) is 0 Å². The van der Waals surface area contributed by atoms with Crippen molar-refractivity contribution in [1.29, 1.82) is 0 Å². The maximum atomic E-state index is 3.61. The molecule has 2 nitrogen and oxygen atoms in total. The Bertz CT molecular complexity index is 177. The topological polar surface area (TPSA) is 15.3 Å². The average Bonchev–Trinajstić information content (AvgIpc) is 2.46. The van der Waals surface area contributed by atoms with E-state index < -0.39 is 0 Å². The van der Waals surface area contributed by atoms with E-state index in [1.165, 1.54) is 38.8 Å². The molecule has 0 aliphatic carbocycles. The molecule has 0 saturated carbocycles. The van der Waals surface area contributed by atoms with Gasteiger partial charge in [-0.25, -0.2) is 0 Å². The van der Waals surface area contributed by atoms with Gasteiger partial charge in [-0.3, -0.25) is 4.90 Å². The van der Waals surface area contributed by atoms with Gasteiger partial charge in [0.2, 0.25) is 0 Å². The summed E-state index contributed by atoms with van der Waals surface area (Å²) in [7, 11) is 0. The summed E-state index contributed by atoms with van der Waals surface area (Å²) < 4.78 is 0. The maximum Gasteiger partial charge on any atom is 0.0154 e. The molecule has 1 aliphatic heterocycles. The highest BCUT2D eigenvalue weighted by molar-refractivity contribution is 4.87. The first kappa shape index (κ1) is 13.0. The molecule has 1 heterocycles. The molecule has 0 bridgehead atoms. The summed E-state index contributed by atoms with van der Waals surface area (Å²) in [5.41, 5.74) is 0.440. The van der Waals surface area contributed by atoms with Crippen LogP contribution in [0.1, 0.15) is 53.4 Å². The molecule has 0 aromatic carbocycles. The number of rotatable bonds is 6. The first-order valence-corrected chi connectivity index (χ1v) is 6.54. The fourth-order valence-electron chi connectivity index (χ4n) is 2.56. The van der Waals surface area contributed by atoms with E-state index in [4.69, 9.17) is 0 Å². The maximum absolute atomic E-state index is 3.61. The minimum absolute atomic E-state index is 0.440. The van der Waals surface area contributed by atoms with E-state index in [1.54, 1.807) is 0 Å². The van der Waals surface area contributed by atoms with Crippen molar-refractivity contribution in [3.63, 3.8) is 0 Å². The van der Waals surface area contributed by atoms with Crippen molar-refractivity contribution in [2.24, 2.45) is 0 Å². The lowest BCUT2D eigenvalue weighted by Gasteiger charge is -2.32. The minimum Gasteiger partial charge on any atom is -0.313 e. The summed E-state index contributed by atoms with van der Waals surface area (Å²) in [6.45, 7) is 12.9. The van der Waals surface area contributed by atoms with Crippen molar-refractivity contribution in [3.05, 3.63) is 0 Å². The normalized spacial score (nSPS) is 23.2. The van der Waals surface area contributed by atoms with Crippen LogP contribution in [0.4, 0.5) is 0 Å². The number of nitrogens with one attached hydrogen (secondary N) is 1. The van der Waals surface area contributed by atoms with Gasteiger partial charge >= 0.3 is 0 Å². The van der Waals surface area contributed by atoms with E-state index >= 15 is 0 Å². The quantitative estimate of drug-likeness (QED) is 0.728. The van der Waals surface area contributed by atoms with Crippen molar-refractivity contribution < 1.29 is 0 Å². The molecular weight excluding hydrogens is 184 g/mol. The van der Waals surface area contributed by atoms with Gasteiger partial charge in [0.15, 0.2) is 0 Å². The summed E-state index contributed by atoms with van der Waals surface area (Å²) in [4.78, 5) is 2.62. The largest absolute Gasteiger partial charge is 0.313 e. The van der Waals surface area contributed by atoms with Crippen molar-refractivity contribution >= 4 is 0 Å². The number of hydrogen-bond donors (Lipinski definition) is 1. The standard InChI is InChI=1S/C13H28N2/c1-5-7-12(2)14-9-11-15-10-6-8-13(15,3)4/h12,14H,5-11H2,1-4H3. The SMILES string of the molecule is CCCC(C)NCCN1CCCC1(C)C. The molecule has 1 aliphatic rings. The monoisotopic (exact) mass is 212 g/mol. The average molecular weight is 212 g/mol. The molecule has 90 valence electrons. The fourth-order valence-corrected chi connectivity index (χ4v) is 2.56. The van der Waals surface area contributed by atoms with Gasteiger partial charge in [-0.15, -0.1) is 0 Å². The van der Waals surface area contributed by atoms with Gasteiger partial charge in [0.1, 0.15) is 0 Å². The molecule has 0 spiro atoms. The van der Waals surface area contributed by atoms with Gasteiger partial charge in [0.05, 0.1) is 0 Å². The molecule has 1 fully saturated rings. The van der Waals surface area contributed by atoms with E-state index in [2.05, 4.69) is 37.9 Å². The van der Waals surface area contributed by atoms with Crippen LogP contribution < -0.4 is 5.32 Å². The van der Waals surface area contributed by atoms with Crippen LogP contribution in [-0.4, -0.2) is 36.1 Å². The highest BCUT2D eigenvalue weighted by atomic mass is 15.2. The summed E-state index contributed by atoms with van der Waals surface area (Å²) in [5, 5.41) is 3.61. The van der Waals surface area contributed by atoms with Gasteiger partial charge in [0.25, 0.3) is 0 Å². The molecule has 0 amide bonds. The van der Waals surface area contributed by atoms with Gasteiger partial charge in [-0.1, -0.05) is 13.3 Å². The second-order valence-electron chi connectivity index (χ2n) is 5.55. The zero-order valence-electron chi connectivity index (χ0n) is 11.0. The van der Waals surface area contributed by atoms with Gasteiger partial charge in [-0.05, 0) is 46.6 Å². The molecule has 1 N–H and O–H groups in total. The van der Waals surface area contributed by atoms with Crippen LogP contribution >= 0.6 is 0 Å². The van der Waals surface area contributed by atoms with Crippen molar-refractivity contribution in [2.45, 2.75) is 65.0 Å². The van der Waals surface area contributed by atoms with E-state index in [-0.39, 0.29) is 0 Å². The molecule has 1 saturated heterocycles. The second kappa shape index (κ2) is 5.86. The molecular formula is C13H28N2. The predicted molar refractivity (Wildman–Crippen MR) is 67.3 cm³/mol. The smallest absolute Gasteiger partial charge is 0.0154 e. The highest BCUT2D eigenvalue weighted by Crippen LogP contribution is 2.27. The zero-order chi connectivity index (χ0) is 11.3. The third kappa shape index (κ3) is 4.12. The minimum atomic E-state index is 0.440. The molecule has 0 radical (unpaired) electrons. The Morgan fingerprint density at radius 2 is 2.13 bits per heavy atom. The van der Waals surface area contributed by atoms with Gasteiger partial charge in [-0.2, -0.15) is 0 Å². The lowest BCUT2D eigenvalue weighted by Crippen LogP contribution is -2.43. The Morgan fingerprint density at radius 3 is 2.67 bits per heavy atom. The highest BCUT2D eigenvalue weighted by Gasteiger charge is 2.30. The Morgan fingerprint density at radius 1 is 1.40 bits per heavy atom. The Kier molecular flexibility index (Phi) is 5.07. The third-order valence-corrected chi connectivity index (χ3v) is 3.67. The number of hydrogen-bond acceptors (Lipinski definition) is 2. The first-order valence-electron chi connectivity index (χ1n) is 6.54. The number of likely N-dealkylation sites (tertiary alicyclic amines) is 1. The zero-order valence-corrected chi connectivity index (χ0v) is 11.0. The summed E-state index contributed by atoms with van der Waals surface area (Å²) in [6, 6.07) is 0.681. The molecule has 1 atom stereocenters. The molecule has 15 heavy (non-hydrogen) atoms. The van der Waals surface area contributed by atoms with Crippen LogP contribution in [0.3, 0.4) is 0 Å². The molecule has 0 aromatic heterocycles. The second-order valence-corrected chi connectivity index (χ2v) is 5.55.